The molecule has 5 aromatic carbocycles. The summed E-state index contributed by atoms with van der Waals surface area (Å²) in [7, 11) is 0. The predicted octanol–water partition coefficient (Wildman–Crippen LogP) is 9.68. The highest BCUT2D eigenvalue weighted by Crippen LogP contribution is 2.41. The maximum atomic E-state index is 5.58. The first kappa shape index (κ1) is 31.5. The van der Waals surface area contributed by atoms with Crippen LogP contribution in [0.2, 0.25) is 0 Å². The molecule has 0 spiro atoms. The predicted molar refractivity (Wildman–Crippen MR) is 208 cm³/mol. The van der Waals surface area contributed by atoms with Crippen LogP contribution in [0.25, 0.3) is 34.0 Å². The van der Waals surface area contributed by atoms with Gasteiger partial charge < -0.3 is 0 Å². The number of anilines is 3. The Hall–Kier alpha value is -6.53. The Morgan fingerprint density at radius 3 is 1.87 bits per heavy atom. The van der Waals surface area contributed by atoms with E-state index >= 15 is 0 Å². The number of rotatable bonds is 4. The van der Waals surface area contributed by atoms with Crippen LogP contribution in [0.1, 0.15) is 34.0 Å². The molecular weight excluding hydrogens is 637 g/mol. The molecule has 4 bridgehead atoms. The monoisotopic (exact) mass is 676 g/mol. The van der Waals surface area contributed by atoms with Gasteiger partial charge in [0.05, 0.1) is 22.5 Å². The molecule has 0 amide bonds. The number of para-hydroxylation sites is 3. The summed E-state index contributed by atoms with van der Waals surface area (Å²) < 4.78 is 9.38. The van der Waals surface area contributed by atoms with Crippen LogP contribution in [0.3, 0.4) is 0 Å². The van der Waals surface area contributed by atoms with Gasteiger partial charge in [-0.2, -0.15) is 13.7 Å². The van der Waals surface area contributed by atoms with Crippen LogP contribution in [-0.2, 0) is 0 Å². The van der Waals surface area contributed by atoms with Crippen molar-refractivity contribution in [2.75, 3.05) is 4.90 Å². The Bertz CT molecular complexity index is 2540. The molecule has 6 heteroatoms. The standard InChI is InChI=1S/C46H40N6/c1-32-16-13-17-33(2)42(32)49-28-29-50-44(49)36-20-15-23-38(30-36)52(37-21-7-5-8-22-37)46-47-41(31-51(46)43-34(3)18-14-19-35(43)4)39-24-9-10-25-40(39)45(50)48-26-11-6-12-27-48/h5-31,45H,1-4H3/q+2. The molecule has 3 aromatic heterocycles. The van der Waals surface area contributed by atoms with Gasteiger partial charge in [-0.15, -0.1) is 0 Å². The van der Waals surface area contributed by atoms with Crippen LogP contribution in [0.4, 0.5) is 17.3 Å². The summed E-state index contributed by atoms with van der Waals surface area (Å²) in [5.41, 5.74) is 13.4. The number of imidazole rings is 2. The SMILES string of the molecule is Cc1cccc(C)c1-n1cc2nc1N(c1ccccc1)c1cccc(c1)-c1n(-c3c(C)cccc3C)cc[n+]1C([n+]1ccccc1)c1ccccc1-2. The summed E-state index contributed by atoms with van der Waals surface area (Å²) in [6.07, 6.45) is 10.8. The van der Waals surface area contributed by atoms with Gasteiger partial charge in [0.15, 0.2) is 12.4 Å². The van der Waals surface area contributed by atoms with Gasteiger partial charge in [0.25, 0.3) is 5.82 Å². The molecule has 0 N–H and O–H groups in total. The van der Waals surface area contributed by atoms with Crippen molar-refractivity contribution in [3.63, 3.8) is 0 Å². The van der Waals surface area contributed by atoms with E-state index in [4.69, 9.17) is 4.98 Å². The maximum absolute atomic E-state index is 5.58. The molecule has 0 radical (unpaired) electrons. The Balaban J connectivity index is 1.44. The number of fused-ring (bicyclic) bond motifs is 8. The molecule has 52 heavy (non-hydrogen) atoms. The third-order valence-electron chi connectivity index (χ3n) is 10.3. The maximum Gasteiger partial charge on any atom is 0.326 e. The van der Waals surface area contributed by atoms with Gasteiger partial charge in [-0.3, -0.25) is 9.47 Å². The Kier molecular flexibility index (Phi) is 7.66. The van der Waals surface area contributed by atoms with Crippen molar-refractivity contribution < 1.29 is 9.13 Å². The van der Waals surface area contributed by atoms with E-state index in [-0.39, 0.29) is 6.17 Å². The van der Waals surface area contributed by atoms with Gasteiger partial charge in [0.2, 0.25) is 5.95 Å². The first-order valence-electron chi connectivity index (χ1n) is 17.8. The second-order valence-corrected chi connectivity index (χ2v) is 13.7. The summed E-state index contributed by atoms with van der Waals surface area (Å²) in [5, 5.41) is 0. The summed E-state index contributed by atoms with van der Waals surface area (Å²) in [5.74, 6) is 1.91. The Morgan fingerprint density at radius 1 is 0.558 bits per heavy atom. The van der Waals surface area contributed by atoms with E-state index in [1.54, 1.807) is 0 Å². The Labute approximate surface area is 304 Å². The van der Waals surface area contributed by atoms with Crippen molar-refractivity contribution in [3.05, 3.63) is 192 Å². The first-order chi connectivity index (χ1) is 25.5. The van der Waals surface area contributed by atoms with Gasteiger partial charge in [-0.25, -0.2) is 4.98 Å². The average molecular weight is 677 g/mol. The van der Waals surface area contributed by atoms with Gasteiger partial charge in [-0.1, -0.05) is 84.9 Å². The van der Waals surface area contributed by atoms with Gasteiger partial charge in [0.1, 0.15) is 18.1 Å². The number of nitrogens with zero attached hydrogens (tertiary/aromatic N) is 6. The second kappa shape index (κ2) is 12.7. The zero-order valence-electron chi connectivity index (χ0n) is 29.8. The zero-order chi connectivity index (χ0) is 35.3. The van der Waals surface area contributed by atoms with Crippen LogP contribution >= 0.6 is 0 Å². The second-order valence-electron chi connectivity index (χ2n) is 13.7. The molecule has 6 nitrogen and oxygen atoms in total. The normalized spacial score (nSPS) is 13.5. The lowest BCUT2D eigenvalue weighted by Crippen LogP contribution is -2.58. The van der Waals surface area contributed by atoms with E-state index in [0.29, 0.717) is 0 Å². The lowest BCUT2D eigenvalue weighted by Gasteiger charge is -2.26. The first-order valence-corrected chi connectivity index (χ1v) is 17.8. The van der Waals surface area contributed by atoms with Crippen molar-refractivity contribution in [1.29, 1.82) is 0 Å². The summed E-state index contributed by atoms with van der Waals surface area (Å²) in [4.78, 5) is 7.87. The number of aryl methyl sites for hydroxylation is 4. The molecule has 1 aliphatic rings. The minimum atomic E-state index is -0.222. The molecule has 252 valence electrons. The number of hydrogen-bond acceptors (Lipinski definition) is 2. The fourth-order valence-electron chi connectivity index (χ4n) is 7.99. The lowest BCUT2D eigenvalue weighted by atomic mass is 10.0. The van der Waals surface area contributed by atoms with Crippen molar-refractivity contribution in [1.82, 2.24) is 14.1 Å². The van der Waals surface area contributed by atoms with Crippen LogP contribution in [0.15, 0.2) is 164 Å². The van der Waals surface area contributed by atoms with Crippen LogP contribution < -0.4 is 14.0 Å². The highest BCUT2D eigenvalue weighted by molar-refractivity contribution is 5.79. The number of pyridine rings is 1. The highest BCUT2D eigenvalue weighted by Gasteiger charge is 2.38. The minimum absolute atomic E-state index is 0.222. The van der Waals surface area contributed by atoms with E-state index < -0.39 is 0 Å². The minimum Gasteiger partial charge on any atom is -0.284 e. The lowest BCUT2D eigenvalue weighted by molar-refractivity contribution is -0.929. The van der Waals surface area contributed by atoms with Crippen molar-refractivity contribution in [2.45, 2.75) is 33.9 Å². The zero-order valence-corrected chi connectivity index (χ0v) is 29.8. The fourth-order valence-corrected chi connectivity index (χ4v) is 7.99. The van der Waals surface area contributed by atoms with E-state index in [2.05, 4.69) is 215 Å². The summed E-state index contributed by atoms with van der Waals surface area (Å²) >= 11 is 0. The topological polar surface area (TPSA) is 33.8 Å². The largest absolute Gasteiger partial charge is 0.326 e. The Morgan fingerprint density at radius 2 is 1.15 bits per heavy atom. The molecule has 0 aliphatic carbocycles. The van der Waals surface area contributed by atoms with Crippen molar-refractivity contribution >= 4 is 17.3 Å². The molecule has 0 saturated carbocycles. The fraction of sp³-hybridized carbons (Fsp3) is 0.109. The number of aromatic nitrogens is 5. The molecule has 1 atom stereocenters. The molecule has 8 aromatic rings. The van der Waals surface area contributed by atoms with E-state index in [1.807, 2.05) is 0 Å². The molecule has 9 rings (SSSR count). The highest BCUT2D eigenvalue weighted by atomic mass is 15.3. The van der Waals surface area contributed by atoms with Gasteiger partial charge >= 0.3 is 6.17 Å². The molecule has 4 heterocycles. The molecule has 0 saturated heterocycles. The van der Waals surface area contributed by atoms with E-state index in [1.165, 1.54) is 27.9 Å². The summed E-state index contributed by atoms with van der Waals surface area (Å²) in [6, 6.07) is 47.6. The van der Waals surface area contributed by atoms with Crippen molar-refractivity contribution in [2.24, 2.45) is 0 Å². The van der Waals surface area contributed by atoms with Crippen molar-refractivity contribution in [3.8, 4) is 34.0 Å². The van der Waals surface area contributed by atoms with Crippen LogP contribution in [-0.4, -0.2) is 14.1 Å². The number of hydrogen-bond donors (Lipinski definition) is 0. The molecule has 0 fully saturated rings. The van der Waals surface area contributed by atoms with E-state index in [0.717, 1.165) is 51.2 Å². The third kappa shape index (κ3) is 5.14. The molecule has 1 unspecified atom stereocenters. The quantitative estimate of drug-likeness (QED) is 0.174. The van der Waals surface area contributed by atoms with Crippen LogP contribution in [0.5, 0.6) is 0 Å². The van der Waals surface area contributed by atoms with E-state index in [9.17, 15) is 0 Å². The van der Waals surface area contributed by atoms with Gasteiger partial charge in [0, 0.05) is 35.3 Å². The molecule has 1 aliphatic heterocycles. The average Bonchev–Trinajstić information content (AvgIpc) is 3.78. The smallest absolute Gasteiger partial charge is 0.284 e. The van der Waals surface area contributed by atoms with Gasteiger partial charge in [-0.05, 0) is 86.3 Å². The third-order valence-corrected chi connectivity index (χ3v) is 10.3. The number of benzene rings is 5. The molecular formula is C46H40N6+2. The summed E-state index contributed by atoms with van der Waals surface area (Å²) in [6.45, 7) is 8.77. The van der Waals surface area contributed by atoms with Crippen LogP contribution in [0, 0.1) is 27.7 Å².